The van der Waals surface area contributed by atoms with Crippen LogP contribution in [0.15, 0.2) is 29.2 Å². The van der Waals surface area contributed by atoms with Crippen molar-refractivity contribution < 1.29 is 19.0 Å². The molecular formula is C13H18FNO3S. The molecule has 4 nitrogen and oxygen atoms in total. The molecule has 1 unspecified atom stereocenters. The van der Waals surface area contributed by atoms with Crippen LogP contribution in [0.25, 0.3) is 0 Å². The van der Waals surface area contributed by atoms with Gasteiger partial charge >= 0.3 is 0 Å². The predicted molar refractivity (Wildman–Crippen MR) is 72.6 cm³/mol. The summed E-state index contributed by atoms with van der Waals surface area (Å²) in [5.74, 6) is 0.195. The summed E-state index contributed by atoms with van der Waals surface area (Å²) in [4.78, 5) is 12.5. The lowest BCUT2D eigenvalue weighted by atomic mass is 10.3. The number of amides is 1. The van der Waals surface area contributed by atoms with Crippen molar-refractivity contribution in [2.45, 2.75) is 17.4 Å². The summed E-state index contributed by atoms with van der Waals surface area (Å²) < 4.78 is 17.5. The molecule has 6 heteroatoms. The van der Waals surface area contributed by atoms with E-state index in [0.29, 0.717) is 12.2 Å². The standard InChI is InChI=1S/C13H18FNO3S/c1-18-9-11(8-16)15-13(17)6-7-19-12-4-2-10(14)3-5-12/h2-5,11,16H,6-9H2,1H3,(H,15,17). The van der Waals surface area contributed by atoms with Gasteiger partial charge in [0.25, 0.3) is 0 Å². The van der Waals surface area contributed by atoms with Crippen molar-refractivity contribution in [3.63, 3.8) is 0 Å². The van der Waals surface area contributed by atoms with E-state index in [1.54, 1.807) is 12.1 Å². The van der Waals surface area contributed by atoms with Crippen molar-refractivity contribution in [3.8, 4) is 0 Å². The number of ether oxygens (including phenoxy) is 1. The Morgan fingerprint density at radius 2 is 2.16 bits per heavy atom. The number of nitrogens with one attached hydrogen (secondary N) is 1. The normalized spacial score (nSPS) is 12.2. The van der Waals surface area contributed by atoms with Gasteiger partial charge in [-0.25, -0.2) is 4.39 Å². The summed E-state index contributed by atoms with van der Waals surface area (Å²) >= 11 is 1.48. The number of benzene rings is 1. The zero-order chi connectivity index (χ0) is 14.1. The topological polar surface area (TPSA) is 58.6 Å². The molecule has 0 radical (unpaired) electrons. The predicted octanol–water partition coefficient (Wildman–Crippen LogP) is 1.43. The van der Waals surface area contributed by atoms with Crippen molar-refractivity contribution in [3.05, 3.63) is 30.1 Å². The summed E-state index contributed by atoms with van der Waals surface area (Å²) in [5.41, 5.74) is 0. The molecule has 0 heterocycles. The molecule has 0 fully saturated rings. The van der Waals surface area contributed by atoms with E-state index in [1.165, 1.54) is 31.0 Å². The zero-order valence-electron chi connectivity index (χ0n) is 10.8. The van der Waals surface area contributed by atoms with Crippen LogP contribution in [0.4, 0.5) is 4.39 Å². The van der Waals surface area contributed by atoms with E-state index in [1.807, 2.05) is 0 Å². The fraction of sp³-hybridized carbons (Fsp3) is 0.462. The molecule has 106 valence electrons. The Labute approximate surface area is 116 Å². The molecule has 1 amide bonds. The number of thioether (sulfide) groups is 1. The SMILES string of the molecule is COCC(CO)NC(=O)CCSc1ccc(F)cc1. The number of methoxy groups -OCH3 is 1. The van der Waals surface area contributed by atoms with Crippen LogP contribution in [0.5, 0.6) is 0 Å². The Balaban J connectivity index is 2.24. The minimum atomic E-state index is -0.367. The van der Waals surface area contributed by atoms with Crippen LogP contribution < -0.4 is 5.32 Å². The molecule has 0 bridgehead atoms. The highest BCUT2D eigenvalue weighted by Crippen LogP contribution is 2.18. The molecule has 1 aromatic rings. The van der Waals surface area contributed by atoms with E-state index in [2.05, 4.69) is 5.32 Å². The van der Waals surface area contributed by atoms with Gasteiger partial charge in [0.1, 0.15) is 5.82 Å². The summed E-state index contributed by atoms with van der Waals surface area (Å²) in [7, 11) is 1.51. The fourth-order valence-corrected chi connectivity index (χ4v) is 2.29. The Hall–Kier alpha value is -1.11. The van der Waals surface area contributed by atoms with Gasteiger partial charge in [0.2, 0.25) is 5.91 Å². The van der Waals surface area contributed by atoms with E-state index in [9.17, 15) is 9.18 Å². The minimum absolute atomic E-state index is 0.134. The third-order valence-corrected chi connectivity index (χ3v) is 3.38. The maximum Gasteiger partial charge on any atom is 0.221 e. The lowest BCUT2D eigenvalue weighted by Gasteiger charge is -2.14. The number of hydrogen-bond acceptors (Lipinski definition) is 4. The summed E-state index contributed by atoms with van der Waals surface area (Å²) in [6.45, 7) is 0.137. The number of carbonyl (C=O) groups excluding carboxylic acids is 1. The highest BCUT2D eigenvalue weighted by atomic mass is 32.2. The summed E-state index contributed by atoms with van der Waals surface area (Å²) in [6.07, 6.45) is 0.336. The average molecular weight is 287 g/mol. The van der Waals surface area contributed by atoms with Gasteiger partial charge in [0.15, 0.2) is 0 Å². The third-order valence-electron chi connectivity index (χ3n) is 2.36. The maximum absolute atomic E-state index is 12.7. The zero-order valence-corrected chi connectivity index (χ0v) is 11.6. The Morgan fingerprint density at radius 1 is 1.47 bits per heavy atom. The van der Waals surface area contributed by atoms with Gasteiger partial charge in [-0.2, -0.15) is 0 Å². The van der Waals surface area contributed by atoms with Crippen LogP contribution in [0.2, 0.25) is 0 Å². The Morgan fingerprint density at radius 3 is 2.74 bits per heavy atom. The lowest BCUT2D eigenvalue weighted by Crippen LogP contribution is -2.40. The van der Waals surface area contributed by atoms with Gasteiger partial charge < -0.3 is 15.2 Å². The van der Waals surface area contributed by atoms with Gasteiger partial charge in [-0.15, -0.1) is 11.8 Å². The fourth-order valence-electron chi connectivity index (χ4n) is 1.43. The molecule has 0 spiro atoms. The number of halogens is 1. The number of aliphatic hydroxyl groups excluding tert-OH is 1. The first-order valence-electron chi connectivity index (χ1n) is 5.93. The number of aliphatic hydroxyl groups is 1. The van der Waals surface area contributed by atoms with Crippen molar-refractivity contribution in [2.75, 3.05) is 26.1 Å². The van der Waals surface area contributed by atoms with Crippen molar-refractivity contribution >= 4 is 17.7 Å². The molecule has 1 rings (SSSR count). The van der Waals surface area contributed by atoms with Gasteiger partial charge in [-0.3, -0.25) is 4.79 Å². The van der Waals surface area contributed by atoms with Crippen LogP contribution in [-0.4, -0.2) is 43.1 Å². The highest BCUT2D eigenvalue weighted by Gasteiger charge is 2.10. The van der Waals surface area contributed by atoms with Crippen molar-refractivity contribution in [1.29, 1.82) is 0 Å². The summed E-state index contributed by atoms with van der Waals surface area (Å²) in [6, 6.07) is 5.78. The Kier molecular flexibility index (Phi) is 7.47. The first kappa shape index (κ1) is 15.9. The third kappa shape index (κ3) is 6.56. The second-order valence-corrected chi connectivity index (χ2v) is 5.12. The molecule has 1 aromatic carbocycles. The molecule has 0 saturated heterocycles. The van der Waals surface area contributed by atoms with Gasteiger partial charge in [-0.1, -0.05) is 0 Å². The van der Waals surface area contributed by atoms with E-state index in [-0.39, 0.29) is 31.0 Å². The van der Waals surface area contributed by atoms with Crippen LogP contribution >= 0.6 is 11.8 Å². The molecule has 0 aliphatic carbocycles. The molecule has 2 N–H and O–H groups in total. The van der Waals surface area contributed by atoms with E-state index in [4.69, 9.17) is 9.84 Å². The molecule has 1 atom stereocenters. The Bertz CT molecular complexity index is 386. The monoisotopic (exact) mass is 287 g/mol. The van der Waals surface area contributed by atoms with Gasteiger partial charge in [0, 0.05) is 24.2 Å². The first-order valence-corrected chi connectivity index (χ1v) is 6.91. The van der Waals surface area contributed by atoms with E-state index in [0.717, 1.165) is 4.90 Å². The first-order chi connectivity index (χ1) is 9.15. The molecule has 0 aromatic heterocycles. The minimum Gasteiger partial charge on any atom is -0.394 e. The smallest absolute Gasteiger partial charge is 0.221 e. The number of carbonyl (C=O) groups is 1. The van der Waals surface area contributed by atoms with Crippen LogP contribution in [-0.2, 0) is 9.53 Å². The van der Waals surface area contributed by atoms with Gasteiger partial charge in [-0.05, 0) is 24.3 Å². The second-order valence-electron chi connectivity index (χ2n) is 3.95. The van der Waals surface area contributed by atoms with E-state index >= 15 is 0 Å². The second kappa shape index (κ2) is 8.90. The van der Waals surface area contributed by atoms with Crippen LogP contribution in [0.3, 0.4) is 0 Å². The lowest BCUT2D eigenvalue weighted by molar-refractivity contribution is -0.122. The van der Waals surface area contributed by atoms with Crippen LogP contribution in [0.1, 0.15) is 6.42 Å². The highest BCUT2D eigenvalue weighted by molar-refractivity contribution is 7.99. The molecule has 0 aliphatic heterocycles. The summed E-state index contributed by atoms with van der Waals surface area (Å²) in [5, 5.41) is 11.7. The molecule has 0 saturated carbocycles. The molecular weight excluding hydrogens is 269 g/mol. The number of rotatable bonds is 8. The largest absolute Gasteiger partial charge is 0.394 e. The average Bonchev–Trinajstić information content (AvgIpc) is 2.40. The van der Waals surface area contributed by atoms with E-state index < -0.39 is 0 Å². The van der Waals surface area contributed by atoms with Gasteiger partial charge in [0.05, 0.1) is 19.3 Å². The molecule has 0 aliphatic rings. The van der Waals surface area contributed by atoms with Crippen molar-refractivity contribution in [2.24, 2.45) is 0 Å². The quantitative estimate of drug-likeness (QED) is 0.710. The van der Waals surface area contributed by atoms with Crippen LogP contribution in [0, 0.1) is 5.82 Å². The maximum atomic E-state index is 12.7. The number of hydrogen-bond donors (Lipinski definition) is 2. The van der Waals surface area contributed by atoms with Crippen molar-refractivity contribution in [1.82, 2.24) is 5.32 Å². The molecule has 19 heavy (non-hydrogen) atoms.